The Morgan fingerprint density at radius 1 is 1.32 bits per heavy atom. The Morgan fingerprint density at radius 3 is 2.61 bits per heavy atom. The molecule has 0 aliphatic heterocycles. The molecule has 0 aliphatic rings. The summed E-state index contributed by atoms with van der Waals surface area (Å²) in [4.78, 5) is 31.4. The van der Waals surface area contributed by atoms with E-state index >= 15 is 0 Å². The summed E-state index contributed by atoms with van der Waals surface area (Å²) >= 11 is 0. The number of hydrogen-bond donors (Lipinski definition) is 1. The standard InChI is InChI=1S/C20H24N4O4/c1-12-16(17-19(28-12)22-11-24(4)20(17)26)18(25)21-10-15(23(2)3)13-6-8-14(27-5)9-7-13/h6-9,11,15H,10H2,1-5H3,(H,21,25). The maximum Gasteiger partial charge on any atom is 0.265 e. The van der Waals surface area contributed by atoms with Gasteiger partial charge in [-0.2, -0.15) is 0 Å². The highest BCUT2D eigenvalue weighted by Gasteiger charge is 2.23. The second kappa shape index (κ2) is 7.85. The van der Waals surface area contributed by atoms with Gasteiger partial charge in [0.25, 0.3) is 11.5 Å². The average molecular weight is 384 g/mol. The predicted molar refractivity (Wildman–Crippen MR) is 106 cm³/mol. The molecule has 0 bridgehead atoms. The number of furan rings is 1. The van der Waals surface area contributed by atoms with Gasteiger partial charge in [-0.25, -0.2) is 4.98 Å². The van der Waals surface area contributed by atoms with Crippen LogP contribution in [0.3, 0.4) is 0 Å². The summed E-state index contributed by atoms with van der Waals surface area (Å²) in [6, 6.07) is 7.66. The second-order valence-corrected chi connectivity index (χ2v) is 6.84. The molecule has 0 spiro atoms. The van der Waals surface area contributed by atoms with Crippen molar-refractivity contribution in [1.82, 2.24) is 19.8 Å². The molecular weight excluding hydrogens is 360 g/mol. The van der Waals surface area contributed by atoms with Gasteiger partial charge in [-0.1, -0.05) is 12.1 Å². The highest BCUT2D eigenvalue weighted by atomic mass is 16.5. The van der Waals surface area contributed by atoms with Crippen LogP contribution in [0, 0.1) is 6.92 Å². The molecule has 0 aliphatic carbocycles. The number of likely N-dealkylation sites (N-methyl/N-ethyl adjacent to an activating group) is 1. The van der Waals surface area contributed by atoms with Gasteiger partial charge in [-0.3, -0.25) is 9.59 Å². The summed E-state index contributed by atoms with van der Waals surface area (Å²) in [6.45, 7) is 2.02. The molecule has 28 heavy (non-hydrogen) atoms. The molecule has 1 N–H and O–H groups in total. The molecular formula is C20H24N4O4. The van der Waals surface area contributed by atoms with Crippen LogP contribution in [-0.2, 0) is 7.05 Å². The van der Waals surface area contributed by atoms with Crippen molar-refractivity contribution in [1.29, 1.82) is 0 Å². The van der Waals surface area contributed by atoms with Crippen LogP contribution in [0.25, 0.3) is 11.1 Å². The summed E-state index contributed by atoms with van der Waals surface area (Å²) in [5, 5.41) is 3.13. The number of fused-ring (bicyclic) bond motifs is 1. The molecule has 0 saturated heterocycles. The van der Waals surface area contributed by atoms with Gasteiger partial charge in [0.2, 0.25) is 5.71 Å². The molecule has 3 rings (SSSR count). The highest BCUT2D eigenvalue weighted by Crippen LogP contribution is 2.23. The van der Waals surface area contributed by atoms with Crippen molar-refractivity contribution >= 4 is 17.0 Å². The van der Waals surface area contributed by atoms with Crippen LogP contribution in [0.2, 0.25) is 0 Å². The van der Waals surface area contributed by atoms with Crippen LogP contribution in [0.5, 0.6) is 5.75 Å². The third kappa shape index (κ3) is 3.63. The number of amides is 1. The lowest BCUT2D eigenvalue weighted by molar-refractivity contribution is 0.0941. The minimum Gasteiger partial charge on any atom is -0.497 e. The number of nitrogens with one attached hydrogen (secondary N) is 1. The van der Waals surface area contributed by atoms with Gasteiger partial charge in [0, 0.05) is 13.6 Å². The van der Waals surface area contributed by atoms with E-state index in [-0.39, 0.29) is 34.2 Å². The molecule has 3 aromatic rings. The van der Waals surface area contributed by atoms with Gasteiger partial charge in [0.1, 0.15) is 23.2 Å². The number of methoxy groups -OCH3 is 1. The van der Waals surface area contributed by atoms with Gasteiger partial charge in [0.15, 0.2) is 0 Å². The first-order chi connectivity index (χ1) is 13.3. The Labute approximate surface area is 162 Å². The zero-order valence-corrected chi connectivity index (χ0v) is 16.6. The lowest BCUT2D eigenvalue weighted by Crippen LogP contribution is -2.35. The average Bonchev–Trinajstić information content (AvgIpc) is 3.02. The molecule has 1 aromatic carbocycles. The van der Waals surface area contributed by atoms with Gasteiger partial charge >= 0.3 is 0 Å². The number of rotatable bonds is 6. The van der Waals surface area contributed by atoms with Crippen LogP contribution in [-0.4, -0.2) is 48.1 Å². The largest absolute Gasteiger partial charge is 0.497 e. The van der Waals surface area contributed by atoms with Gasteiger partial charge in [-0.05, 0) is 38.7 Å². The SMILES string of the molecule is COc1ccc(C(CNC(=O)c2c(C)oc3ncn(C)c(=O)c23)N(C)C)cc1. The summed E-state index contributed by atoms with van der Waals surface area (Å²) in [5.74, 6) is 0.782. The summed E-state index contributed by atoms with van der Waals surface area (Å²) < 4.78 is 12.0. The number of aryl methyl sites for hydroxylation is 2. The van der Waals surface area contributed by atoms with E-state index in [1.54, 1.807) is 21.1 Å². The first-order valence-corrected chi connectivity index (χ1v) is 8.86. The van der Waals surface area contributed by atoms with E-state index in [1.807, 2.05) is 43.3 Å². The first-order valence-electron chi connectivity index (χ1n) is 8.86. The third-order valence-electron chi connectivity index (χ3n) is 4.76. The normalized spacial score (nSPS) is 12.4. The van der Waals surface area contributed by atoms with Crippen LogP contribution in [0.1, 0.15) is 27.7 Å². The Kier molecular flexibility index (Phi) is 5.51. The van der Waals surface area contributed by atoms with Crippen LogP contribution in [0.4, 0.5) is 0 Å². The number of ether oxygens (including phenoxy) is 1. The summed E-state index contributed by atoms with van der Waals surface area (Å²) in [6.07, 6.45) is 1.38. The van der Waals surface area contributed by atoms with Gasteiger partial charge < -0.3 is 23.9 Å². The second-order valence-electron chi connectivity index (χ2n) is 6.84. The molecule has 1 amide bonds. The molecule has 0 fully saturated rings. The van der Waals surface area contributed by atoms with Crippen molar-refractivity contribution in [2.75, 3.05) is 27.7 Å². The summed E-state index contributed by atoms with van der Waals surface area (Å²) in [5.41, 5.74) is 1.13. The smallest absolute Gasteiger partial charge is 0.265 e. The lowest BCUT2D eigenvalue weighted by atomic mass is 10.1. The maximum absolute atomic E-state index is 12.9. The number of hydrogen-bond acceptors (Lipinski definition) is 6. The van der Waals surface area contributed by atoms with Crippen molar-refractivity contribution in [3.63, 3.8) is 0 Å². The Hall–Kier alpha value is -3.13. The molecule has 148 valence electrons. The molecule has 1 unspecified atom stereocenters. The summed E-state index contributed by atoms with van der Waals surface area (Å²) in [7, 11) is 7.10. The molecule has 0 radical (unpaired) electrons. The lowest BCUT2D eigenvalue weighted by Gasteiger charge is -2.25. The van der Waals surface area contributed by atoms with E-state index in [2.05, 4.69) is 10.3 Å². The fourth-order valence-electron chi connectivity index (χ4n) is 3.16. The Morgan fingerprint density at radius 2 is 2.00 bits per heavy atom. The number of nitrogens with zero attached hydrogens (tertiary/aromatic N) is 3. The minimum atomic E-state index is -0.360. The molecule has 1 atom stereocenters. The van der Waals surface area contributed by atoms with Crippen molar-refractivity contribution in [3.05, 3.63) is 57.8 Å². The van der Waals surface area contributed by atoms with E-state index in [0.29, 0.717) is 12.3 Å². The van der Waals surface area contributed by atoms with E-state index in [1.165, 1.54) is 10.9 Å². The number of benzene rings is 1. The number of aromatic nitrogens is 2. The Balaban J connectivity index is 1.86. The van der Waals surface area contributed by atoms with E-state index in [4.69, 9.17) is 9.15 Å². The highest BCUT2D eigenvalue weighted by molar-refractivity contribution is 6.06. The van der Waals surface area contributed by atoms with Gasteiger partial charge in [0.05, 0.1) is 18.7 Å². The van der Waals surface area contributed by atoms with Crippen molar-refractivity contribution in [2.24, 2.45) is 7.05 Å². The molecule has 2 aromatic heterocycles. The Bertz CT molecular complexity index is 1050. The van der Waals surface area contributed by atoms with E-state index < -0.39 is 0 Å². The van der Waals surface area contributed by atoms with Crippen molar-refractivity contribution < 1.29 is 13.9 Å². The zero-order valence-electron chi connectivity index (χ0n) is 16.6. The topological polar surface area (TPSA) is 89.6 Å². The van der Waals surface area contributed by atoms with Gasteiger partial charge in [-0.15, -0.1) is 0 Å². The van der Waals surface area contributed by atoms with Crippen molar-refractivity contribution in [2.45, 2.75) is 13.0 Å². The van der Waals surface area contributed by atoms with Crippen LogP contribution >= 0.6 is 0 Å². The zero-order chi connectivity index (χ0) is 20.4. The first kappa shape index (κ1) is 19.6. The van der Waals surface area contributed by atoms with E-state index in [0.717, 1.165) is 11.3 Å². The predicted octanol–water partition coefficient (Wildman–Crippen LogP) is 1.88. The monoisotopic (exact) mass is 384 g/mol. The van der Waals surface area contributed by atoms with Crippen LogP contribution < -0.4 is 15.6 Å². The molecule has 8 heteroatoms. The fraction of sp³-hybridized carbons (Fsp3) is 0.350. The molecule has 8 nitrogen and oxygen atoms in total. The van der Waals surface area contributed by atoms with Crippen LogP contribution in [0.15, 0.2) is 39.8 Å². The number of carbonyl (C=O) groups is 1. The maximum atomic E-state index is 12.9. The number of carbonyl (C=O) groups excluding carboxylic acids is 1. The van der Waals surface area contributed by atoms with E-state index in [9.17, 15) is 9.59 Å². The van der Waals surface area contributed by atoms with Crippen molar-refractivity contribution in [3.8, 4) is 5.75 Å². The minimum absolute atomic E-state index is 0.0470. The fourth-order valence-corrected chi connectivity index (χ4v) is 3.16. The molecule has 0 saturated carbocycles. The quantitative estimate of drug-likeness (QED) is 0.698. The third-order valence-corrected chi connectivity index (χ3v) is 4.76. The molecule has 2 heterocycles.